The van der Waals surface area contributed by atoms with E-state index in [9.17, 15) is 0 Å². The Bertz CT molecular complexity index is 289. The van der Waals surface area contributed by atoms with E-state index in [0.717, 1.165) is 17.9 Å². The lowest BCUT2D eigenvalue weighted by molar-refractivity contribution is 0.895. The Morgan fingerprint density at radius 3 is 2.46 bits per heavy atom. The summed E-state index contributed by atoms with van der Waals surface area (Å²) in [5, 5.41) is 0.873. The van der Waals surface area contributed by atoms with Gasteiger partial charge in [0.2, 0.25) is 0 Å². The van der Waals surface area contributed by atoms with Crippen molar-refractivity contribution in [3.8, 4) is 0 Å². The summed E-state index contributed by atoms with van der Waals surface area (Å²) in [7, 11) is 0. The minimum Gasteiger partial charge on any atom is -0.0843 e. The van der Waals surface area contributed by atoms with Crippen molar-refractivity contribution in [2.45, 2.75) is 40.0 Å². The minimum atomic E-state index is 0.873. The Hall–Kier alpha value is -0.490. The molecular weight excluding hydrogens is 180 g/mol. The molecule has 0 saturated carbocycles. The molecular formula is C12H17Cl. The lowest BCUT2D eigenvalue weighted by Gasteiger charge is -2.10. The van der Waals surface area contributed by atoms with Crippen molar-refractivity contribution in [1.82, 2.24) is 0 Å². The van der Waals surface area contributed by atoms with Crippen LogP contribution in [-0.4, -0.2) is 0 Å². The molecule has 0 nitrogen and oxygen atoms in total. The van der Waals surface area contributed by atoms with Crippen LogP contribution in [0.5, 0.6) is 0 Å². The quantitative estimate of drug-likeness (QED) is 0.681. The number of hydrogen-bond acceptors (Lipinski definition) is 0. The molecule has 0 aliphatic carbocycles. The molecule has 1 aromatic carbocycles. The molecule has 0 spiro atoms. The van der Waals surface area contributed by atoms with Gasteiger partial charge in [0.25, 0.3) is 0 Å². The predicted molar refractivity (Wildman–Crippen MR) is 59.6 cm³/mol. The van der Waals surface area contributed by atoms with Gasteiger partial charge in [0.1, 0.15) is 0 Å². The SMILES string of the molecule is CCCc1cc(Cl)cc(C)c1CC. The van der Waals surface area contributed by atoms with Gasteiger partial charge in [-0.3, -0.25) is 0 Å². The molecule has 0 aromatic heterocycles. The van der Waals surface area contributed by atoms with E-state index in [4.69, 9.17) is 11.6 Å². The summed E-state index contributed by atoms with van der Waals surface area (Å²) >= 11 is 6.01. The first-order valence-corrected chi connectivity index (χ1v) is 5.34. The van der Waals surface area contributed by atoms with Gasteiger partial charge >= 0.3 is 0 Å². The van der Waals surface area contributed by atoms with Crippen LogP contribution in [0.4, 0.5) is 0 Å². The van der Waals surface area contributed by atoms with Crippen LogP contribution >= 0.6 is 11.6 Å². The minimum absolute atomic E-state index is 0.873. The normalized spacial score (nSPS) is 10.5. The highest BCUT2D eigenvalue weighted by Crippen LogP contribution is 2.22. The van der Waals surface area contributed by atoms with Gasteiger partial charge in [-0.15, -0.1) is 0 Å². The van der Waals surface area contributed by atoms with Crippen molar-refractivity contribution in [3.05, 3.63) is 33.8 Å². The van der Waals surface area contributed by atoms with Crippen LogP contribution in [0.15, 0.2) is 12.1 Å². The van der Waals surface area contributed by atoms with Gasteiger partial charge in [0.05, 0.1) is 0 Å². The maximum absolute atomic E-state index is 6.01. The predicted octanol–water partition coefficient (Wildman–Crippen LogP) is 4.16. The van der Waals surface area contributed by atoms with E-state index in [1.807, 2.05) is 0 Å². The summed E-state index contributed by atoms with van der Waals surface area (Å²) in [6.07, 6.45) is 3.44. The zero-order chi connectivity index (χ0) is 9.84. The monoisotopic (exact) mass is 196 g/mol. The van der Waals surface area contributed by atoms with Crippen molar-refractivity contribution >= 4 is 11.6 Å². The molecule has 0 atom stereocenters. The van der Waals surface area contributed by atoms with E-state index in [0.29, 0.717) is 0 Å². The van der Waals surface area contributed by atoms with Crippen molar-refractivity contribution < 1.29 is 0 Å². The van der Waals surface area contributed by atoms with Crippen molar-refractivity contribution in [3.63, 3.8) is 0 Å². The molecule has 13 heavy (non-hydrogen) atoms. The summed E-state index contributed by atoms with van der Waals surface area (Å²) in [6, 6.07) is 4.16. The fourth-order valence-electron chi connectivity index (χ4n) is 1.84. The summed E-state index contributed by atoms with van der Waals surface area (Å²) < 4.78 is 0. The molecule has 0 bridgehead atoms. The van der Waals surface area contributed by atoms with Gasteiger partial charge in [-0.2, -0.15) is 0 Å². The molecule has 1 heteroatoms. The van der Waals surface area contributed by atoms with E-state index in [1.54, 1.807) is 0 Å². The molecule has 0 fully saturated rings. The fourth-order valence-corrected chi connectivity index (χ4v) is 2.14. The number of halogens is 1. The van der Waals surface area contributed by atoms with Crippen molar-refractivity contribution in [2.75, 3.05) is 0 Å². The third-order valence-electron chi connectivity index (χ3n) is 2.40. The van der Waals surface area contributed by atoms with E-state index >= 15 is 0 Å². The highest BCUT2D eigenvalue weighted by molar-refractivity contribution is 6.30. The molecule has 0 aliphatic rings. The van der Waals surface area contributed by atoms with Crippen LogP contribution < -0.4 is 0 Å². The Morgan fingerprint density at radius 1 is 1.23 bits per heavy atom. The summed E-state index contributed by atoms with van der Waals surface area (Å²) in [5.74, 6) is 0. The van der Waals surface area contributed by atoms with Crippen molar-refractivity contribution in [2.24, 2.45) is 0 Å². The van der Waals surface area contributed by atoms with Crippen LogP contribution in [-0.2, 0) is 12.8 Å². The first kappa shape index (κ1) is 10.6. The lowest BCUT2D eigenvalue weighted by Crippen LogP contribution is -1.95. The topological polar surface area (TPSA) is 0 Å². The van der Waals surface area contributed by atoms with Crippen LogP contribution in [0.3, 0.4) is 0 Å². The van der Waals surface area contributed by atoms with Gasteiger partial charge in [-0.05, 0) is 48.6 Å². The summed E-state index contributed by atoms with van der Waals surface area (Å²) in [5.41, 5.74) is 4.24. The average molecular weight is 197 g/mol. The van der Waals surface area contributed by atoms with Crippen molar-refractivity contribution in [1.29, 1.82) is 0 Å². The Kier molecular flexibility index (Phi) is 3.80. The standard InChI is InChI=1S/C12H17Cl/c1-4-6-10-8-11(13)7-9(3)12(10)5-2/h7-8H,4-6H2,1-3H3. The third-order valence-corrected chi connectivity index (χ3v) is 2.62. The maximum atomic E-state index is 6.01. The lowest BCUT2D eigenvalue weighted by atomic mass is 9.97. The molecule has 0 N–H and O–H groups in total. The molecule has 0 radical (unpaired) electrons. The first-order chi connectivity index (χ1) is 6.19. The van der Waals surface area contributed by atoms with E-state index in [2.05, 4.69) is 32.9 Å². The van der Waals surface area contributed by atoms with E-state index in [-0.39, 0.29) is 0 Å². The average Bonchev–Trinajstić information content (AvgIpc) is 2.04. The van der Waals surface area contributed by atoms with Crippen LogP contribution in [0, 0.1) is 6.92 Å². The number of rotatable bonds is 3. The Labute approximate surface area is 85.9 Å². The molecule has 0 saturated heterocycles. The zero-order valence-electron chi connectivity index (χ0n) is 8.65. The smallest absolute Gasteiger partial charge is 0.0411 e. The molecule has 0 unspecified atom stereocenters. The Balaban J connectivity index is 3.13. The van der Waals surface area contributed by atoms with Crippen LogP contribution in [0.25, 0.3) is 0 Å². The second-order valence-electron chi connectivity index (χ2n) is 3.46. The number of benzene rings is 1. The van der Waals surface area contributed by atoms with E-state index < -0.39 is 0 Å². The second-order valence-corrected chi connectivity index (χ2v) is 3.90. The molecule has 72 valence electrons. The first-order valence-electron chi connectivity index (χ1n) is 4.97. The van der Waals surface area contributed by atoms with Gasteiger partial charge < -0.3 is 0 Å². The molecule has 1 rings (SSSR count). The highest BCUT2D eigenvalue weighted by atomic mass is 35.5. The van der Waals surface area contributed by atoms with E-state index in [1.165, 1.54) is 23.1 Å². The zero-order valence-corrected chi connectivity index (χ0v) is 9.41. The largest absolute Gasteiger partial charge is 0.0843 e. The summed E-state index contributed by atoms with van der Waals surface area (Å²) in [4.78, 5) is 0. The van der Waals surface area contributed by atoms with Gasteiger partial charge in [0.15, 0.2) is 0 Å². The summed E-state index contributed by atoms with van der Waals surface area (Å²) in [6.45, 7) is 6.55. The Morgan fingerprint density at radius 2 is 1.92 bits per heavy atom. The van der Waals surface area contributed by atoms with Crippen LogP contribution in [0.1, 0.15) is 37.0 Å². The number of aryl methyl sites for hydroxylation is 2. The fraction of sp³-hybridized carbons (Fsp3) is 0.500. The van der Waals surface area contributed by atoms with Gasteiger partial charge in [-0.1, -0.05) is 31.9 Å². The van der Waals surface area contributed by atoms with Crippen LogP contribution in [0.2, 0.25) is 5.02 Å². The van der Waals surface area contributed by atoms with Gasteiger partial charge in [-0.25, -0.2) is 0 Å². The highest BCUT2D eigenvalue weighted by Gasteiger charge is 2.04. The molecule has 0 aliphatic heterocycles. The molecule has 1 aromatic rings. The van der Waals surface area contributed by atoms with Gasteiger partial charge in [0, 0.05) is 5.02 Å². The molecule has 0 heterocycles. The number of hydrogen-bond donors (Lipinski definition) is 0. The third kappa shape index (κ3) is 2.47. The molecule has 0 amide bonds. The second kappa shape index (κ2) is 4.66. The maximum Gasteiger partial charge on any atom is 0.0411 e.